The summed E-state index contributed by atoms with van der Waals surface area (Å²) in [6.07, 6.45) is 3.91. The van der Waals surface area contributed by atoms with Gasteiger partial charge in [0.2, 0.25) is 41.4 Å². The summed E-state index contributed by atoms with van der Waals surface area (Å²) in [4.78, 5) is 110. The maximum Gasteiger partial charge on any atom is 0.326 e. The van der Waals surface area contributed by atoms with E-state index < -0.39 is 88.9 Å². The minimum Gasteiger partial charge on any atom is -0.480 e. The molecule has 406 valence electrons. The number of nitrogens with zero attached hydrogens (tertiary/aromatic N) is 4. The van der Waals surface area contributed by atoms with Crippen molar-refractivity contribution in [3.63, 3.8) is 0 Å². The summed E-state index contributed by atoms with van der Waals surface area (Å²) >= 11 is 0. The molecule has 0 aliphatic carbocycles. The van der Waals surface area contributed by atoms with Crippen LogP contribution in [-0.4, -0.2) is 127 Å². The number of nitrogens with one attached hydrogen (secondary N) is 4. The van der Waals surface area contributed by atoms with Crippen molar-refractivity contribution >= 4 is 47.3 Å². The first-order valence-electron chi connectivity index (χ1n) is 25.2. The number of hydrogen-bond donors (Lipinski definition) is 7. The first-order valence-corrected chi connectivity index (χ1v) is 25.2. The molecule has 1 aliphatic heterocycles. The van der Waals surface area contributed by atoms with Crippen molar-refractivity contribution < 1.29 is 57.4 Å². The van der Waals surface area contributed by atoms with Gasteiger partial charge < -0.3 is 46.7 Å². The lowest BCUT2D eigenvalue weighted by Crippen LogP contribution is -2.56. The van der Waals surface area contributed by atoms with Gasteiger partial charge in [-0.1, -0.05) is 85.2 Å². The van der Waals surface area contributed by atoms with Gasteiger partial charge in [0.05, 0.1) is 23.2 Å². The van der Waals surface area contributed by atoms with Crippen molar-refractivity contribution in [2.45, 2.75) is 150 Å². The molecule has 1 unspecified atom stereocenters. The zero-order chi connectivity index (χ0) is 55.1. The molecule has 19 nitrogen and oxygen atoms in total. The molecule has 1 fully saturated rings. The molecular formula is C53H75F2N9O10. The average molecular weight is 1040 g/mol. The molecule has 74 heavy (non-hydrogen) atoms. The predicted molar refractivity (Wildman–Crippen MR) is 271 cm³/mol. The quantitative estimate of drug-likeness (QED) is 0.0395. The highest BCUT2D eigenvalue weighted by molar-refractivity contribution is 6.05. The van der Waals surface area contributed by atoms with E-state index in [1.807, 2.05) is 51.1 Å². The van der Waals surface area contributed by atoms with E-state index in [0.29, 0.717) is 31.5 Å². The van der Waals surface area contributed by atoms with Crippen LogP contribution in [0.1, 0.15) is 131 Å². The SMILES string of the molecule is CC(C)C(NC(=O)CCCCCN1C(=O)CC(C)(C)C1=O)C(=O)N[C@@H](C)C(=O)N[C@@H](CCCCNC(=O)[C@@H](N)CCN(C(=O)CO)[C@@H](c1nc(-c2cc(F)ccc2F)cn1Cc1ccccc1)C(C)(C)C)C(=O)O. The van der Waals surface area contributed by atoms with Crippen LogP contribution in [0, 0.1) is 28.4 Å². The molecule has 2 heterocycles. The molecule has 0 saturated carbocycles. The lowest BCUT2D eigenvalue weighted by atomic mass is 9.84. The Balaban J connectivity index is 1.27. The molecule has 3 aromatic rings. The van der Waals surface area contributed by atoms with E-state index in [9.17, 15) is 53.0 Å². The van der Waals surface area contributed by atoms with Gasteiger partial charge in [0.25, 0.3) is 0 Å². The maximum atomic E-state index is 15.1. The van der Waals surface area contributed by atoms with E-state index in [1.165, 1.54) is 16.7 Å². The van der Waals surface area contributed by atoms with Crippen molar-refractivity contribution in [2.24, 2.45) is 22.5 Å². The molecule has 0 radical (unpaired) electrons. The van der Waals surface area contributed by atoms with Crippen molar-refractivity contribution in [2.75, 3.05) is 26.2 Å². The molecule has 2 aromatic carbocycles. The molecule has 0 spiro atoms. The van der Waals surface area contributed by atoms with E-state index in [-0.39, 0.29) is 93.2 Å². The Labute approximate surface area is 431 Å². The molecule has 1 saturated heterocycles. The number of carboxylic acids is 1. The van der Waals surface area contributed by atoms with E-state index in [1.54, 1.807) is 38.5 Å². The number of carboxylic acid groups (broad SMARTS) is 1. The maximum absolute atomic E-state index is 15.1. The van der Waals surface area contributed by atoms with Crippen LogP contribution in [0.2, 0.25) is 0 Å². The summed E-state index contributed by atoms with van der Waals surface area (Å²) in [6.45, 7) is 13.5. The zero-order valence-corrected chi connectivity index (χ0v) is 43.8. The molecule has 0 bridgehead atoms. The summed E-state index contributed by atoms with van der Waals surface area (Å²) in [7, 11) is 0. The summed E-state index contributed by atoms with van der Waals surface area (Å²) in [5, 5.41) is 30.5. The second kappa shape index (κ2) is 27.1. The van der Waals surface area contributed by atoms with Crippen LogP contribution in [0.4, 0.5) is 8.78 Å². The highest BCUT2D eigenvalue weighted by atomic mass is 19.1. The van der Waals surface area contributed by atoms with Crippen molar-refractivity contribution in [3.05, 3.63) is 77.8 Å². The lowest BCUT2D eigenvalue weighted by molar-refractivity contribution is -0.142. The summed E-state index contributed by atoms with van der Waals surface area (Å²) < 4.78 is 31.2. The molecule has 1 aliphatic rings. The minimum atomic E-state index is -1.33. The molecular weight excluding hydrogens is 961 g/mol. The standard InChI is InChI=1S/C53H75F2N9O10/c1-32(2)44(61-41(66)20-13-10-16-25-64-42(67)28-53(7,8)51(64)74)49(71)58-33(3)47(69)60-39(50(72)73)19-14-15-24-57-48(70)38(56)23-26-63(43(68)31-65)45(52(4,5)6)46-59-40(36-27-35(54)21-22-37(36)55)30-62(46)29-34-17-11-9-12-18-34/h9,11-12,17-18,21-22,27,30,32-33,38-39,44-45,65H,10,13-16,19-20,23-26,28-29,31,56H2,1-8H3,(H,57,70)(H,58,71)(H,60,69)(H,61,66)(H,72,73)/t33-,38-,39-,44?,45-/m0/s1. The van der Waals surface area contributed by atoms with Gasteiger partial charge in [0.1, 0.15) is 42.2 Å². The second-order valence-corrected chi connectivity index (χ2v) is 21.1. The molecule has 1 aromatic heterocycles. The largest absolute Gasteiger partial charge is 0.480 e. The number of unbranched alkanes of at least 4 members (excludes halogenated alkanes) is 3. The number of carbonyl (C=O) groups is 8. The Hall–Kier alpha value is -6.61. The number of likely N-dealkylation sites (tertiary alicyclic amines) is 1. The van der Waals surface area contributed by atoms with Crippen LogP contribution >= 0.6 is 0 Å². The molecule has 5 atom stereocenters. The fourth-order valence-corrected chi connectivity index (χ4v) is 8.78. The van der Waals surface area contributed by atoms with Gasteiger partial charge in [-0.05, 0) is 80.5 Å². The fraction of sp³-hybridized carbons (Fsp3) is 0.566. The number of rotatable bonds is 28. The summed E-state index contributed by atoms with van der Waals surface area (Å²) in [5.74, 6) is -6.13. The van der Waals surface area contributed by atoms with Gasteiger partial charge in [0.15, 0.2) is 0 Å². The van der Waals surface area contributed by atoms with Crippen molar-refractivity contribution in [3.8, 4) is 11.3 Å². The number of amides is 7. The predicted octanol–water partition coefficient (Wildman–Crippen LogP) is 4.35. The third-order valence-electron chi connectivity index (χ3n) is 12.9. The number of aliphatic hydroxyl groups excluding tert-OH is 1. The van der Waals surface area contributed by atoms with Crippen LogP contribution in [0.3, 0.4) is 0 Å². The third kappa shape index (κ3) is 17.0. The number of benzene rings is 2. The number of imidazole rings is 1. The molecule has 4 rings (SSSR count). The first kappa shape index (κ1) is 59.9. The van der Waals surface area contributed by atoms with E-state index in [4.69, 9.17) is 10.7 Å². The van der Waals surface area contributed by atoms with Gasteiger partial charge in [-0.25, -0.2) is 18.6 Å². The molecule has 21 heteroatoms. The van der Waals surface area contributed by atoms with E-state index >= 15 is 4.39 Å². The first-order chi connectivity index (χ1) is 34.7. The van der Waals surface area contributed by atoms with Gasteiger partial charge >= 0.3 is 5.97 Å². The van der Waals surface area contributed by atoms with Crippen LogP contribution in [-0.2, 0) is 44.9 Å². The topological polar surface area (TPSA) is 275 Å². The minimum absolute atomic E-state index is 0.0169. The highest BCUT2D eigenvalue weighted by Gasteiger charge is 2.44. The monoisotopic (exact) mass is 1040 g/mol. The van der Waals surface area contributed by atoms with Crippen LogP contribution in [0.15, 0.2) is 54.7 Å². The molecule has 8 N–H and O–H groups in total. The third-order valence-corrected chi connectivity index (χ3v) is 12.9. The number of aliphatic carboxylic acids is 1. The average Bonchev–Trinajstić information content (AvgIpc) is 3.82. The van der Waals surface area contributed by atoms with E-state index in [0.717, 1.165) is 23.8 Å². The smallest absolute Gasteiger partial charge is 0.326 e. The van der Waals surface area contributed by atoms with Crippen LogP contribution < -0.4 is 27.0 Å². The van der Waals surface area contributed by atoms with Crippen LogP contribution in [0.25, 0.3) is 11.3 Å². The van der Waals surface area contributed by atoms with Crippen molar-refractivity contribution in [1.82, 2.24) is 40.6 Å². The Bertz CT molecular complexity index is 2460. The number of halogens is 2. The fourth-order valence-electron chi connectivity index (χ4n) is 8.78. The number of hydrogen-bond acceptors (Lipinski definition) is 11. The Morgan fingerprint density at radius 2 is 1.57 bits per heavy atom. The summed E-state index contributed by atoms with van der Waals surface area (Å²) in [5.41, 5.74) is 5.77. The number of aromatic nitrogens is 2. The van der Waals surface area contributed by atoms with Crippen LogP contribution in [0.5, 0.6) is 0 Å². The lowest BCUT2D eigenvalue weighted by Gasteiger charge is -2.40. The normalized spacial score (nSPS) is 15.5. The number of aliphatic hydroxyl groups is 1. The Morgan fingerprint density at radius 3 is 2.18 bits per heavy atom. The van der Waals surface area contributed by atoms with E-state index in [2.05, 4.69) is 21.3 Å². The molecule has 7 amide bonds. The highest BCUT2D eigenvalue weighted by Crippen LogP contribution is 2.40. The van der Waals surface area contributed by atoms with Gasteiger partial charge in [0, 0.05) is 50.8 Å². The number of carbonyl (C=O) groups excluding carboxylic acids is 7. The Morgan fingerprint density at radius 1 is 0.878 bits per heavy atom. The zero-order valence-electron chi connectivity index (χ0n) is 43.8. The van der Waals surface area contributed by atoms with Gasteiger partial charge in [-0.3, -0.25) is 38.5 Å². The van der Waals surface area contributed by atoms with Gasteiger partial charge in [-0.2, -0.15) is 0 Å². The second-order valence-electron chi connectivity index (χ2n) is 21.1. The van der Waals surface area contributed by atoms with Gasteiger partial charge in [-0.15, -0.1) is 0 Å². The van der Waals surface area contributed by atoms with Crippen molar-refractivity contribution in [1.29, 1.82) is 0 Å². The summed E-state index contributed by atoms with van der Waals surface area (Å²) in [6, 6.07) is 6.92. The Kier molecular flexibility index (Phi) is 21.9. The number of imide groups is 1. The number of nitrogens with two attached hydrogens (primary N) is 1.